The number of rotatable bonds is 3. The predicted molar refractivity (Wildman–Crippen MR) is 122 cm³/mol. The van der Waals surface area contributed by atoms with Gasteiger partial charge >= 0.3 is 0 Å². The lowest BCUT2D eigenvalue weighted by atomic mass is 10.1. The predicted octanol–water partition coefficient (Wildman–Crippen LogP) is 6.94. The third-order valence-electron chi connectivity index (χ3n) is 5.11. The summed E-state index contributed by atoms with van der Waals surface area (Å²) in [6.07, 6.45) is 0. The molecule has 0 spiro atoms. The van der Waals surface area contributed by atoms with Gasteiger partial charge in [0.2, 0.25) is 5.89 Å². The molecule has 0 aliphatic carbocycles. The van der Waals surface area contributed by atoms with Crippen LogP contribution in [0.5, 0.6) is 0 Å². The summed E-state index contributed by atoms with van der Waals surface area (Å²) in [5, 5.41) is 8.36. The van der Waals surface area contributed by atoms with E-state index in [1.54, 1.807) is 17.8 Å². The first kappa shape index (κ1) is 17.8. The van der Waals surface area contributed by atoms with Gasteiger partial charge in [-0.15, -0.1) is 10.2 Å². The molecule has 0 fully saturated rings. The molecule has 0 unspecified atom stereocenters. The first-order chi connectivity index (χ1) is 15.4. The van der Waals surface area contributed by atoms with Crippen molar-refractivity contribution >= 4 is 28.8 Å². The number of fused-ring (bicyclic) bond motifs is 2. The van der Waals surface area contributed by atoms with Crippen molar-refractivity contribution in [3.8, 4) is 22.9 Å². The minimum Gasteiger partial charge on any atom is -0.415 e. The minimum absolute atomic E-state index is 0.437. The third-order valence-corrected chi connectivity index (χ3v) is 6.24. The average molecular weight is 417 g/mol. The van der Waals surface area contributed by atoms with E-state index in [0.717, 1.165) is 16.8 Å². The largest absolute Gasteiger partial charge is 0.415 e. The van der Waals surface area contributed by atoms with E-state index in [9.17, 15) is 0 Å². The van der Waals surface area contributed by atoms with Gasteiger partial charge in [0.15, 0.2) is 0 Å². The van der Waals surface area contributed by atoms with Gasteiger partial charge in [-0.1, -0.05) is 54.2 Å². The lowest BCUT2D eigenvalue weighted by Gasteiger charge is -2.32. The fourth-order valence-electron chi connectivity index (χ4n) is 3.66. The van der Waals surface area contributed by atoms with Crippen LogP contribution in [-0.4, -0.2) is 10.2 Å². The van der Waals surface area contributed by atoms with Crippen LogP contribution < -0.4 is 4.90 Å². The lowest BCUT2D eigenvalue weighted by Crippen LogP contribution is -2.14. The van der Waals surface area contributed by atoms with Crippen LogP contribution in [0.25, 0.3) is 22.9 Å². The Balaban J connectivity index is 1.37. The van der Waals surface area contributed by atoms with E-state index in [1.807, 2.05) is 24.3 Å². The summed E-state index contributed by atoms with van der Waals surface area (Å²) < 4.78 is 5.86. The zero-order valence-corrected chi connectivity index (χ0v) is 17.1. The van der Waals surface area contributed by atoms with Crippen LogP contribution in [0.1, 0.15) is 0 Å². The van der Waals surface area contributed by atoms with Crippen LogP contribution in [0.15, 0.2) is 105 Å². The molecular formula is C26H15N3OS. The van der Waals surface area contributed by atoms with Crippen molar-refractivity contribution in [2.45, 2.75) is 9.79 Å². The Bertz CT molecular complexity index is 1320. The van der Waals surface area contributed by atoms with Crippen molar-refractivity contribution in [1.82, 2.24) is 10.2 Å². The van der Waals surface area contributed by atoms with Crippen molar-refractivity contribution in [2.75, 3.05) is 4.90 Å². The van der Waals surface area contributed by atoms with E-state index in [4.69, 9.17) is 4.42 Å². The average Bonchev–Trinajstić information content (AvgIpc) is 3.34. The molecule has 146 valence electrons. The molecule has 4 nitrogen and oxygen atoms in total. The van der Waals surface area contributed by atoms with Gasteiger partial charge in [-0.3, -0.25) is 0 Å². The van der Waals surface area contributed by atoms with Crippen molar-refractivity contribution in [1.29, 1.82) is 0 Å². The second-order valence-corrected chi connectivity index (χ2v) is 8.12. The van der Waals surface area contributed by atoms with Gasteiger partial charge in [0.25, 0.3) is 5.89 Å². The molecule has 5 aromatic rings. The number of benzene rings is 3. The quantitative estimate of drug-likeness (QED) is 0.312. The molecule has 0 N–H and O–H groups in total. The molecule has 6 rings (SSSR count). The van der Waals surface area contributed by atoms with Gasteiger partial charge in [0.1, 0.15) is 0 Å². The maximum absolute atomic E-state index is 5.86. The highest BCUT2D eigenvalue weighted by molar-refractivity contribution is 7.99. The third kappa shape index (κ3) is 3.14. The Morgan fingerprint density at radius 1 is 0.710 bits per heavy atom. The van der Waals surface area contributed by atoms with Crippen LogP contribution in [0.2, 0.25) is 0 Å². The smallest absolute Gasteiger partial charge is 0.256 e. The van der Waals surface area contributed by atoms with Crippen molar-refractivity contribution in [3.05, 3.63) is 103 Å². The number of anilines is 3. The first-order valence-electron chi connectivity index (χ1n) is 9.85. The van der Waals surface area contributed by atoms with E-state index in [1.165, 1.54) is 21.2 Å². The SMILES string of the molecule is c1cccc(-c2nnc(-c3ccc(N4c5ccccc5Sc5ccccc54)cc3)o2)c#1. The van der Waals surface area contributed by atoms with E-state index >= 15 is 0 Å². The normalized spacial score (nSPS) is 12.1. The molecule has 0 bridgehead atoms. The zero-order chi connectivity index (χ0) is 20.6. The molecule has 0 saturated heterocycles. The molecule has 2 heterocycles. The zero-order valence-electron chi connectivity index (χ0n) is 16.3. The Hall–Kier alpha value is -4.01. The Kier molecular flexibility index (Phi) is 4.22. The van der Waals surface area contributed by atoms with Gasteiger partial charge in [-0.2, -0.15) is 0 Å². The maximum atomic E-state index is 5.86. The lowest BCUT2D eigenvalue weighted by molar-refractivity contribution is 0.584. The second-order valence-electron chi connectivity index (χ2n) is 7.04. The fourth-order valence-corrected chi connectivity index (χ4v) is 4.72. The summed E-state index contributed by atoms with van der Waals surface area (Å²) in [5.41, 5.74) is 5.03. The van der Waals surface area contributed by atoms with Crippen molar-refractivity contribution < 1.29 is 4.42 Å². The summed E-state index contributed by atoms with van der Waals surface area (Å²) in [6.45, 7) is 0. The molecule has 0 saturated carbocycles. The van der Waals surface area contributed by atoms with Gasteiger partial charge in [-0.05, 0) is 60.7 Å². The Labute approximate surface area is 184 Å². The van der Waals surface area contributed by atoms with E-state index < -0.39 is 0 Å². The fraction of sp³-hybridized carbons (Fsp3) is 0. The molecule has 0 atom stereocenters. The summed E-state index contributed by atoms with van der Waals surface area (Å²) in [5.74, 6) is 0.917. The Morgan fingerprint density at radius 3 is 2.06 bits per heavy atom. The molecule has 31 heavy (non-hydrogen) atoms. The summed E-state index contributed by atoms with van der Waals surface area (Å²) in [4.78, 5) is 4.77. The van der Waals surface area contributed by atoms with Gasteiger partial charge in [0.05, 0.1) is 16.9 Å². The standard InChI is InChI=1S/C26H15N3OS/c1-2-8-18(9-3-1)25-27-28-26(30-25)19-14-16-20(17-15-19)29-21-10-4-6-12-23(21)31-24-13-7-5-11-22(24)29/h1-2,4-8,10-17H. The summed E-state index contributed by atoms with van der Waals surface area (Å²) >= 11 is 1.80. The molecular weight excluding hydrogens is 402 g/mol. The Morgan fingerprint density at radius 2 is 1.39 bits per heavy atom. The molecule has 1 aliphatic rings. The highest BCUT2D eigenvalue weighted by atomic mass is 32.2. The molecule has 1 aliphatic heterocycles. The van der Waals surface area contributed by atoms with E-state index in [0.29, 0.717) is 11.8 Å². The molecule has 0 radical (unpaired) electrons. The number of aromatic nitrogens is 2. The van der Waals surface area contributed by atoms with Gasteiger partial charge in [0, 0.05) is 21.0 Å². The molecule has 5 heteroatoms. The second kappa shape index (κ2) is 7.35. The molecule has 1 aromatic heterocycles. The highest BCUT2D eigenvalue weighted by Gasteiger charge is 2.24. The first-order valence-corrected chi connectivity index (χ1v) is 10.7. The van der Waals surface area contributed by atoms with Crippen LogP contribution >= 0.6 is 11.8 Å². The number of hydrogen-bond acceptors (Lipinski definition) is 5. The van der Waals surface area contributed by atoms with Gasteiger partial charge < -0.3 is 9.32 Å². The molecule has 4 aromatic carbocycles. The van der Waals surface area contributed by atoms with E-state index in [-0.39, 0.29) is 0 Å². The van der Waals surface area contributed by atoms with Crippen LogP contribution in [0.3, 0.4) is 0 Å². The minimum atomic E-state index is 0.437. The number of hydrogen-bond donors (Lipinski definition) is 0. The number of para-hydroxylation sites is 2. The van der Waals surface area contributed by atoms with Crippen molar-refractivity contribution in [2.24, 2.45) is 0 Å². The van der Waals surface area contributed by atoms with Crippen LogP contribution in [-0.2, 0) is 0 Å². The maximum Gasteiger partial charge on any atom is 0.256 e. The summed E-state index contributed by atoms with van der Waals surface area (Å²) in [6, 6.07) is 36.6. The van der Waals surface area contributed by atoms with Crippen LogP contribution in [0.4, 0.5) is 17.1 Å². The van der Waals surface area contributed by atoms with E-state index in [2.05, 4.69) is 87.9 Å². The summed E-state index contributed by atoms with van der Waals surface area (Å²) in [7, 11) is 0. The highest BCUT2D eigenvalue weighted by Crippen LogP contribution is 2.51. The van der Waals surface area contributed by atoms with Gasteiger partial charge in [-0.25, -0.2) is 0 Å². The monoisotopic (exact) mass is 417 g/mol. The topological polar surface area (TPSA) is 42.2 Å². The number of nitrogens with zero attached hydrogens (tertiary/aromatic N) is 3. The van der Waals surface area contributed by atoms with Crippen LogP contribution in [0, 0.1) is 12.1 Å². The molecule has 0 amide bonds. The van der Waals surface area contributed by atoms with Crippen molar-refractivity contribution in [3.63, 3.8) is 0 Å².